The first-order chi connectivity index (χ1) is 10.0. The largest absolute Gasteiger partial charge is 0.510 e. The Labute approximate surface area is 118 Å². The lowest BCUT2D eigenvalue weighted by atomic mass is 10.1. The third-order valence-corrected chi connectivity index (χ3v) is 2.94. The van der Waals surface area contributed by atoms with E-state index in [1.165, 1.54) is 0 Å². The van der Waals surface area contributed by atoms with Crippen molar-refractivity contribution in [1.29, 1.82) is 0 Å². The van der Waals surface area contributed by atoms with Gasteiger partial charge in [-0.25, -0.2) is 4.79 Å². The smallest absolute Gasteiger partial charge is 0.459 e. The Hall–Kier alpha value is -2.14. The molecule has 0 N–H and O–H groups in total. The molecule has 0 aliphatic carbocycles. The van der Waals surface area contributed by atoms with Gasteiger partial charge in [-0.15, -0.1) is 10.1 Å². The normalized spacial score (nSPS) is 31.9. The molecule has 2 aliphatic rings. The average molecular weight is 307 g/mol. The molecule has 3 unspecified atom stereocenters. The fraction of sp³-hybridized carbons (Fsp3) is 0.800. The van der Waals surface area contributed by atoms with Gasteiger partial charge in [0.05, 0.1) is 13.2 Å². The molecule has 118 valence electrons. The fourth-order valence-electron chi connectivity index (χ4n) is 2.15. The van der Waals surface area contributed by atoms with Crippen LogP contribution in [0.15, 0.2) is 0 Å². The van der Waals surface area contributed by atoms with Gasteiger partial charge >= 0.3 is 6.16 Å². The average Bonchev–Trinajstić information content (AvgIpc) is 2.93. The minimum absolute atomic E-state index is 0.0353. The predicted octanol–water partition coefficient (Wildman–Crippen LogP) is -0.598. The highest BCUT2D eigenvalue weighted by molar-refractivity contribution is 5.60. The molecule has 2 heterocycles. The van der Waals surface area contributed by atoms with Crippen LogP contribution in [0, 0.1) is 10.1 Å². The second-order valence-corrected chi connectivity index (χ2v) is 4.29. The lowest BCUT2D eigenvalue weighted by Gasteiger charge is -2.17. The molecule has 2 aliphatic heterocycles. The molecule has 0 aromatic carbocycles. The van der Waals surface area contributed by atoms with Gasteiger partial charge in [0.25, 0.3) is 11.6 Å². The SMILES string of the molecule is CC(OC(=O)O[C@@H]1COC2C1OC[C@@H]2OC=O)O[N+](=O)[O-]. The number of rotatable bonds is 6. The Morgan fingerprint density at radius 2 is 1.95 bits per heavy atom. The molecule has 11 nitrogen and oxygen atoms in total. The maximum absolute atomic E-state index is 11.4. The molecule has 21 heavy (non-hydrogen) atoms. The van der Waals surface area contributed by atoms with Crippen molar-refractivity contribution >= 4 is 12.6 Å². The lowest BCUT2D eigenvalue weighted by molar-refractivity contribution is -0.777. The Kier molecular flexibility index (Phi) is 4.75. The Balaban J connectivity index is 1.80. The van der Waals surface area contributed by atoms with Crippen molar-refractivity contribution in [2.24, 2.45) is 0 Å². The summed E-state index contributed by atoms with van der Waals surface area (Å²) in [7, 11) is 0. The van der Waals surface area contributed by atoms with Gasteiger partial charge in [0.1, 0.15) is 12.2 Å². The van der Waals surface area contributed by atoms with E-state index >= 15 is 0 Å². The van der Waals surface area contributed by atoms with Gasteiger partial charge in [-0.05, 0) is 6.92 Å². The number of hydrogen-bond acceptors (Lipinski definition) is 10. The number of ether oxygens (including phenoxy) is 5. The first kappa shape index (κ1) is 15.3. The Morgan fingerprint density at radius 1 is 1.33 bits per heavy atom. The van der Waals surface area contributed by atoms with Crippen LogP contribution in [0.2, 0.25) is 0 Å². The van der Waals surface area contributed by atoms with E-state index in [9.17, 15) is 19.7 Å². The maximum atomic E-state index is 11.4. The monoisotopic (exact) mass is 307 g/mol. The summed E-state index contributed by atoms with van der Waals surface area (Å²) in [5.74, 6) is 0. The minimum Gasteiger partial charge on any atom is -0.459 e. The number of nitrogens with zero attached hydrogens (tertiary/aromatic N) is 1. The number of carbonyl (C=O) groups is 2. The van der Waals surface area contributed by atoms with Crippen LogP contribution in [-0.4, -0.2) is 61.6 Å². The van der Waals surface area contributed by atoms with Crippen LogP contribution in [0.3, 0.4) is 0 Å². The standard InChI is InChI=1S/C10H13NO10/c1-5(21-11(14)15)19-10(13)20-7-3-17-8-6(18-4-12)2-16-9(7)8/h4-9H,2-3H2,1H3/t5?,6-,7+,8?,9?/m0/s1. The van der Waals surface area contributed by atoms with Crippen LogP contribution < -0.4 is 0 Å². The van der Waals surface area contributed by atoms with Crippen molar-refractivity contribution in [3.8, 4) is 0 Å². The zero-order chi connectivity index (χ0) is 15.4. The summed E-state index contributed by atoms with van der Waals surface area (Å²) in [6.45, 7) is 1.62. The van der Waals surface area contributed by atoms with Gasteiger partial charge in [0.15, 0.2) is 12.2 Å². The van der Waals surface area contributed by atoms with E-state index in [-0.39, 0.29) is 13.2 Å². The number of hydrogen-bond donors (Lipinski definition) is 0. The van der Waals surface area contributed by atoms with Crippen molar-refractivity contribution in [3.63, 3.8) is 0 Å². The zero-order valence-electron chi connectivity index (χ0n) is 10.9. The molecule has 2 saturated heterocycles. The van der Waals surface area contributed by atoms with Crippen LogP contribution in [0.25, 0.3) is 0 Å². The molecule has 0 aromatic heterocycles. The van der Waals surface area contributed by atoms with Crippen molar-refractivity contribution in [1.82, 2.24) is 0 Å². The van der Waals surface area contributed by atoms with Crippen LogP contribution in [-0.2, 0) is 33.3 Å². The summed E-state index contributed by atoms with van der Waals surface area (Å²) in [6, 6.07) is 0. The fourth-order valence-corrected chi connectivity index (χ4v) is 2.15. The molecule has 0 aromatic rings. The second kappa shape index (κ2) is 6.54. The van der Waals surface area contributed by atoms with E-state index < -0.39 is 41.9 Å². The number of carbonyl (C=O) groups excluding carboxylic acids is 2. The highest BCUT2D eigenvalue weighted by Crippen LogP contribution is 2.30. The quantitative estimate of drug-likeness (QED) is 0.206. The molecule has 5 atom stereocenters. The molecule has 0 amide bonds. The minimum atomic E-state index is -1.40. The van der Waals surface area contributed by atoms with Crippen LogP contribution in [0.4, 0.5) is 4.79 Å². The summed E-state index contributed by atoms with van der Waals surface area (Å²) in [5, 5.41) is 8.96. The summed E-state index contributed by atoms with van der Waals surface area (Å²) in [4.78, 5) is 35.8. The third kappa shape index (κ3) is 3.70. The Bertz CT molecular complexity index is 415. The summed E-state index contributed by atoms with van der Waals surface area (Å²) < 4.78 is 24.9. The molecule has 0 bridgehead atoms. The van der Waals surface area contributed by atoms with Gasteiger partial charge < -0.3 is 23.7 Å². The molecule has 0 spiro atoms. The van der Waals surface area contributed by atoms with Crippen LogP contribution in [0.1, 0.15) is 6.92 Å². The number of fused-ring (bicyclic) bond motifs is 1. The van der Waals surface area contributed by atoms with Gasteiger partial charge in [-0.1, -0.05) is 0 Å². The topological polar surface area (TPSA) is 133 Å². The van der Waals surface area contributed by atoms with Crippen LogP contribution >= 0.6 is 0 Å². The molecule has 0 radical (unpaired) electrons. The molecule has 0 saturated carbocycles. The highest BCUT2D eigenvalue weighted by atomic mass is 17.0. The van der Waals surface area contributed by atoms with Crippen LogP contribution in [0.5, 0.6) is 0 Å². The highest BCUT2D eigenvalue weighted by Gasteiger charge is 2.50. The van der Waals surface area contributed by atoms with Crippen molar-refractivity contribution in [2.75, 3.05) is 13.2 Å². The molecular weight excluding hydrogens is 294 g/mol. The van der Waals surface area contributed by atoms with Gasteiger partial charge in [0.2, 0.25) is 6.29 Å². The van der Waals surface area contributed by atoms with E-state index in [1.54, 1.807) is 0 Å². The van der Waals surface area contributed by atoms with E-state index in [0.29, 0.717) is 6.47 Å². The van der Waals surface area contributed by atoms with Crippen molar-refractivity contribution in [3.05, 3.63) is 10.1 Å². The molecule has 2 fully saturated rings. The summed E-state index contributed by atoms with van der Waals surface area (Å²) in [5.41, 5.74) is 0. The van der Waals surface area contributed by atoms with Crippen molar-refractivity contribution in [2.45, 2.75) is 37.6 Å². The van der Waals surface area contributed by atoms with Gasteiger partial charge in [-0.3, -0.25) is 9.63 Å². The Morgan fingerprint density at radius 3 is 2.57 bits per heavy atom. The predicted molar refractivity (Wildman–Crippen MR) is 59.3 cm³/mol. The third-order valence-electron chi connectivity index (χ3n) is 2.94. The van der Waals surface area contributed by atoms with Gasteiger partial charge in [0, 0.05) is 0 Å². The molecule has 2 rings (SSSR count). The maximum Gasteiger partial charge on any atom is 0.510 e. The van der Waals surface area contributed by atoms with Crippen molar-refractivity contribution < 1.29 is 43.2 Å². The lowest BCUT2D eigenvalue weighted by Crippen LogP contribution is -2.35. The summed E-state index contributed by atoms with van der Waals surface area (Å²) in [6.07, 6.45) is -4.99. The first-order valence-electron chi connectivity index (χ1n) is 6.02. The zero-order valence-corrected chi connectivity index (χ0v) is 10.9. The van der Waals surface area contributed by atoms with E-state index in [0.717, 1.165) is 6.92 Å². The molecular formula is C10H13NO10. The summed E-state index contributed by atoms with van der Waals surface area (Å²) >= 11 is 0. The molecule has 11 heteroatoms. The second-order valence-electron chi connectivity index (χ2n) is 4.29. The first-order valence-corrected chi connectivity index (χ1v) is 6.02. The van der Waals surface area contributed by atoms with Gasteiger partial charge in [-0.2, -0.15) is 0 Å². The van der Waals surface area contributed by atoms with E-state index in [2.05, 4.69) is 9.57 Å². The van der Waals surface area contributed by atoms with E-state index in [4.69, 9.17) is 18.9 Å². The van der Waals surface area contributed by atoms with E-state index in [1.807, 2.05) is 0 Å².